The summed E-state index contributed by atoms with van der Waals surface area (Å²) in [7, 11) is 0.645. The molecule has 0 saturated heterocycles. The molecular weight excluding hydrogens is 619 g/mol. The van der Waals surface area contributed by atoms with Crippen LogP contribution in [-0.4, -0.2) is 9.52 Å². The van der Waals surface area contributed by atoms with Gasteiger partial charge >= 0.3 is 0 Å². The molecule has 0 heterocycles. The SMILES string of the molecule is CCC(CC(C)c1ccc([Si]c2ccc(-c3ccc(-c4ccccc4)cc3)cc2)cc1)c1ccc(N(c2ccccc2)c2ccccc2)cc1. The number of hydrogen-bond donors (Lipinski definition) is 0. The average molecular weight is 662 g/mol. The van der Waals surface area contributed by atoms with Gasteiger partial charge in [-0.15, -0.1) is 0 Å². The molecule has 2 unspecified atom stereocenters. The first-order valence-corrected chi connectivity index (χ1v) is 18.8. The van der Waals surface area contributed by atoms with Crippen LogP contribution >= 0.6 is 0 Å². The molecule has 0 N–H and O–H groups in total. The van der Waals surface area contributed by atoms with Crippen molar-refractivity contribution in [3.8, 4) is 22.3 Å². The molecule has 244 valence electrons. The molecule has 7 aromatic carbocycles. The van der Waals surface area contributed by atoms with Gasteiger partial charge in [0, 0.05) is 17.1 Å². The first kappa shape index (κ1) is 33.1. The summed E-state index contributed by atoms with van der Waals surface area (Å²) in [6.45, 7) is 4.70. The van der Waals surface area contributed by atoms with E-state index in [2.05, 4.69) is 207 Å². The van der Waals surface area contributed by atoms with Crippen molar-refractivity contribution >= 4 is 37.0 Å². The van der Waals surface area contributed by atoms with Crippen molar-refractivity contribution < 1.29 is 0 Å². The molecule has 0 aliphatic carbocycles. The Balaban J connectivity index is 0.976. The third-order valence-electron chi connectivity index (χ3n) is 9.76. The van der Waals surface area contributed by atoms with E-state index in [0.717, 1.165) is 24.2 Å². The van der Waals surface area contributed by atoms with E-state index in [9.17, 15) is 0 Å². The zero-order valence-electron chi connectivity index (χ0n) is 28.9. The molecule has 7 aromatic rings. The van der Waals surface area contributed by atoms with E-state index in [0.29, 0.717) is 21.4 Å². The van der Waals surface area contributed by atoms with Gasteiger partial charge in [0.15, 0.2) is 0 Å². The van der Waals surface area contributed by atoms with Gasteiger partial charge in [0.2, 0.25) is 0 Å². The van der Waals surface area contributed by atoms with Crippen molar-refractivity contribution in [1.82, 2.24) is 0 Å². The van der Waals surface area contributed by atoms with Crippen LogP contribution in [0.5, 0.6) is 0 Å². The van der Waals surface area contributed by atoms with Crippen molar-refractivity contribution in [2.75, 3.05) is 4.90 Å². The summed E-state index contributed by atoms with van der Waals surface area (Å²) in [5.41, 5.74) is 11.3. The van der Waals surface area contributed by atoms with Crippen LogP contribution < -0.4 is 15.3 Å². The molecule has 0 bridgehead atoms. The second kappa shape index (κ2) is 15.8. The maximum atomic E-state index is 2.38. The summed E-state index contributed by atoms with van der Waals surface area (Å²) in [5.74, 6) is 0.991. The second-order valence-corrected chi connectivity index (χ2v) is 14.5. The summed E-state index contributed by atoms with van der Waals surface area (Å²) in [5, 5.41) is 2.74. The van der Waals surface area contributed by atoms with E-state index in [1.165, 1.54) is 49.4 Å². The number of benzene rings is 7. The predicted molar refractivity (Wildman–Crippen MR) is 216 cm³/mol. The summed E-state index contributed by atoms with van der Waals surface area (Å²) >= 11 is 0. The standard InChI is InChI=1S/C48H43NSi/c1-3-37(40-23-29-46(30-24-40)49(44-15-9-5-10-16-44)45-17-11-6-12-18-45)35-36(2)38-25-31-47(32-26-38)50-48-33-27-43(28-34-48)42-21-19-41(20-22-42)39-13-7-4-8-14-39/h4-34,36-37H,3,35H2,1-2H3. The molecule has 50 heavy (non-hydrogen) atoms. The number of nitrogens with zero attached hydrogens (tertiary/aromatic N) is 1. The third-order valence-corrected chi connectivity index (χ3v) is 11.0. The van der Waals surface area contributed by atoms with Crippen LogP contribution in [0.15, 0.2) is 188 Å². The lowest BCUT2D eigenvalue weighted by atomic mass is 9.84. The van der Waals surface area contributed by atoms with E-state index in [1.807, 2.05) is 0 Å². The highest BCUT2D eigenvalue weighted by atomic mass is 28.2. The number of hydrogen-bond acceptors (Lipinski definition) is 1. The molecule has 1 nitrogen and oxygen atoms in total. The normalized spacial score (nSPS) is 12.3. The lowest BCUT2D eigenvalue weighted by molar-refractivity contribution is 0.544. The topological polar surface area (TPSA) is 3.24 Å². The third kappa shape index (κ3) is 7.88. The highest BCUT2D eigenvalue weighted by Crippen LogP contribution is 2.37. The minimum atomic E-state index is 0.481. The molecule has 2 atom stereocenters. The first-order chi connectivity index (χ1) is 24.6. The zero-order valence-corrected chi connectivity index (χ0v) is 29.9. The Kier molecular flexibility index (Phi) is 10.5. The quantitative estimate of drug-likeness (QED) is 0.118. The predicted octanol–water partition coefficient (Wildman–Crippen LogP) is 11.8. The molecule has 0 aromatic heterocycles. The van der Waals surface area contributed by atoms with Gasteiger partial charge in [-0.3, -0.25) is 0 Å². The Bertz CT molecular complexity index is 2020. The summed E-state index contributed by atoms with van der Waals surface area (Å²) < 4.78 is 0. The fourth-order valence-electron chi connectivity index (χ4n) is 6.89. The largest absolute Gasteiger partial charge is 0.311 e. The van der Waals surface area contributed by atoms with Crippen molar-refractivity contribution in [2.24, 2.45) is 0 Å². The molecule has 7 rings (SSSR count). The summed E-state index contributed by atoms with van der Waals surface area (Å²) in [6.07, 6.45) is 2.25. The summed E-state index contributed by atoms with van der Waals surface area (Å²) in [4.78, 5) is 2.33. The Morgan fingerprint density at radius 1 is 0.420 bits per heavy atom. The highest BCUT2D eigenvalue weighted by Gasteiger charge is 2.17. The molecule has 0 fully saturated rings. The van der Waals surface area contributed by atoms with Gasteiger partial charge in [-0.25, -0.2) is 0 Å². The van der Waals surface area contributed by atoms with Crippen molar-refractivity contribution in [2.45, 2.75) is 38.5 Å². The van der Waals surface area contributed by atoms with Crippen LogP contribution in [0.2, 0.25) is 0 Å². The van der Waals surface area contributed by atoms with Gasteiger partial charge in [-0.1, -0.05) is 176 Å². The van der Waals surface area contributed by atoms with Gasteiger partial charge in [-0.2, -0.15) is 0 Å². The van der Waals surface area contributed by atoms with Crippen LogP contribution in [-0.2, 0) is 0 Å². The van der Waals surface area contributed by atoms with Crippen molar-refractivity contribution in [1.29, 1.82) is 0 Å². The van der Waals surface area contributed by atoms with E-state index in [4.69, 9.17) is 0 Å². The summed E-state index contributed by atoms with van der Waals surface area (Å²) in [6, 6.07) is 68.4. The highest BCUT2D eigenvalue weighted by molar-refractivity contribution is 6.67. The Morgan fingerprint density at radius 2 is 0.800 bits per heavy atom. The maximum Gasteiger partial charge on any atom is 0.121 e. The van der Waals surface area contributed by atoms with E-state index in [1.54, 1.807) is 0 Å². The molecular formula is C48H43NSi. The number of rotatable bonds is 12. The van der Waals surface area contributed by atoms with Crippen LogP contribution in [0.1, 0.15) is 49.7 Å². The first-order valence-electron chi connectivity index (χ1n) is 17.8. The molecule has 0 saturated carbocycles. The van der Waals surface area contributed by atoms with E-state index in [-0.39, 0.29) is 0 Å². The van der Waals surface area contributed by atoms with E-state index >= 15 is 0 Å². The van der Waals surface area contributed by atoms with Crippen LogP contribution in [0.3, 0.4) is 0 Å². The molecule has 2 heteroatoms. The van der Waals surface area contributed by atoms with Crippen LogP contribution in [0.4, 0.5) is 17.1 Å². The minimum absolute atomic E-state index is 0.481. The second-order valence-electron chi connectivity index (χ2n) is 13.1. The minimum Gasteiger partial charge on any atom is -0.311 e. The fraction of sp³-hybridized carbons (Fsp3) is 0.125. The lowest BCUT2D eigenvalue weighted by Crippen LogP contribution is -2.26. The Hall–Kier alpha value is -5.44. The van der Waals surface area contributed by atoms with E-state index < -0.39 is 0 Å². The van der Waals surface area contributed by atoms with Gasteiger partial charge < -0.3 is 4.90 Å². The smallest absolute Gasteiger partial charge is 0.121 e. The lowest BCUT2D eigenvalue weighted by Gasteiger charge is -2.26. The van der Waals surface area contributed by atoms with Crippen molar-refractivity contribution in [3.05, 3.63) is 199 Å². The van der Waals surface area contributed by atoms with Crippen LogP contribution in [0.25, 0.3) is 22.3 Å². The molecule has 2 radical (unpaired) electrons. The van der Waals surface area contributed by atoms with Crippen molar-refractivity contribution in [3.63, 3.8) is 0 Å². The number of anilines is 3. The maximum absolute atomic E-state index is 2.38. The Labute approximate surface area is 300 Å². The van der Waals surface area contributed by atoms with Gasteiger partial charge in [-0.05, 0) is 94.5 Å². The van der Waals surface area contributed by atoms with Crippen LogP contribution in [0, 0.1) is 0 Å². The van der Waals surface area contributed by atoms with Gasteiger partial charge in [0.25, 0.3) is 0 Å². The van der Waals surface area contributed by atoms with Gasteiger partial charge in [0.05, 0.1) is 0 Å². The monoisotopic (exact) mass is 661 g/mol. The molecule has 0 aliphatic heterocycles. The molecule has 0 amide bonds. The average Bonchev–Trinajstić information content (AvgIpc) is 3.19. The fourth-order valence-corrected chi connectivity index (χ4v) is 7.89. The zero-order chi connectivity index (χ0) is 34.1. The Morgan fingerprint density at radius 3 is 1.28 bits per heavy atom. The molecule has 0 spiro atoms. The van der Waals surface area contributed by atoms with Gasteiger partial charge in [0.1, 0.15) is 9.52 Å². The number of para-hydroxylation sites is 2. The molecule has 0 aliphatic rings.